The lowest BCUT2D eigenvalue weighted by molar-refractivity contribution is -0.150. The fourth-order valence-corrected chi connectivity index (χ4v) is 4.18. The van der Waals surface area contributed by atoms with E-state index in [0.717, 1.165) is 23.1 Å². The summed E-state index contributed by atoms with van der Waals surface area (Å²) in [4.78, 5) is 16.6. The van der Waals surface area contributed by atoms with Crippen LogP contribution in [0.25, 0.3) is 0 Å². The average molecular weight is 332 g/mol. The van der Waals surface area contributed by atoms with Gasteiger partial charge in [-0.3, -0.25) is 4.79 Å². The van der Waals surface area contributed by atoms with Gasteiger partial charge in [0.25, 0.3) is 0 Å². The Kier molecular flexibility index (Phi) is 7.62. The van der Waals surface area contributed by atoms with Crippen molar-refractivity contribution in [2.24, 2.45) is 0 Å². The molecule has 0 aliphatic carbocycles. The molecule has 0 fully saturated rings. The third kappa shape index (κ3) is 5.92. The van der Waals surface area contributed by atoms with Gasteiger partial charge in [0.05, 0.1) is 6.61 Å². The molecular weight excluding hydrogens is 306 g/mol. The highest BCUT2D eigenvalue weighted by Gasteiger charge is 2.36. The molecule has 0 radical (unpaired) electrons. The van der Waals surface area contributed by atoms with Crippen LogP contribution in [0, 0.1) is 6.92 Å². The molecular formula is C14H25N3O2S2. The quantitative estimate of drug-likeness (QED) is 0.554. The molecule has 0 aromatic carbocycles. The Morgan fingerprint density at radius 1 is 1.52 bits per heavy atom. The molecule has 1 heterocycles. The third-order valence-corrected chi connectivity index (χ3v) is 4.97. The zero-order valence-corrected chi connectivity index (χ0v) is 15.1. The van der Waals surface area contributed by atoms with Crippen LogP contribution in [0.15, 0.2) is 4.34 Å². The fraction of sp³-hybridized carbons (Fsp3) is 0.786. The van der Waals surface area contributed by atoms with Gasteiger partial charge in [0.1, 0.15) is 11.4 Å². The molecule has 0 spiro atoms. The fourth-order valence-electron chi connectivity index (χ4n) is 2.03. The maximum absolute atomic E-state index is 12.2. The molecule has 7 heteroatoms. The van der Waals surface area contributed by atoms with Crippen LogP contribution in [0.5, 0.6) is 0 Å². The summed E-state index contributed by atoms with van der Waals surface area (Å²) in [6.45, 7) is 11.0. The number of rotatable bonds is 9. The van der Waals surface area contributed by atoms with Crippen LogP contribution < -0.4 is 5.32 Å². The first-order valence-corrected chi connectivity index (χ1v) is 8.95. The molecule has 0 saturated heterocycles. The summed E-state index contributed by atoms with van der Waals surface area (Å²) >= 11 is 3.06. The number of aryl methyl sites for hydroxylation is 1. The lowest BCUT2D eigenvalue weighted by atomic mass is 9.96. The summed E-state index contributed by atoms with van der Waals surface area (Å²) < 4.78 is 10.4. The first kappa shape index (κ1) is 18.4. The summed E-state index contributed by atoms with van der Waals surface area (Å²) in [6.07, 6.45) is 1.67. The first-order valence-electron chi connectivity index (χ1n) is 7.30. The molecule has 120 valence electrons. The number of carbonyl (C=O) groups is 1. The zero-order valence-electron chi connectivity index (χ0n) is 13.4. The third-order valence-electron chi connectivity index (χ3n) is 3.00. The molecule has 21 heavy (non-hydrogen) atoms. The summed E-state index contributed by atoms with van der Waals surface area (Å²) in [6, 6.07) is 0. The van der Waals surface area contributed by atoms with Crippen LogP contribution in [0.4, 0.5) is 0 Å². The summed E-state index contributed by atoms with van der Waals surface area (Å²) in [7, 11) is 0. The molecule has 2 atom stereocenters. The second kappa shape index (κ2) is 8.70. The van der Waals surface area contributed by atoms with Gasteiger partial charge in [0.15, 0.2) is 4.34 Å². The first-order chi connectivity index (χ1) is 9.91. The van der Waals surface area contributed by atoms with Crippen molar-refractivity contribution in [3.8, 4) is 0 Å². The van der Waals surface area contributed by atoms with Gasteiger partial charge in [-0.15, -0.1) is 0 Å². The van der Waals surface area contributed by atoms with Gasteiger partial charge >= 0.3 is 5.97 Å². The number of esters is 1. The van der Waals surface area contributed by atoms with Gasteiger partial charge in [-0.05, 0) is 51.7 Å². The van der Waals surface area contributed by atoms with Crippen molar-refractivity contribution in [2.45, 2.75) is 62.6 Å². The minimum absolute atomic E-state index is 0.181. The molecule has 1 aromatic rings. The van der Waals surface area contributed by atoms with E-state index >= 15 is 0 Å². The molecule has 0 bridgehead atoms. The van der Waals surface area contributed by atoms with Crippen molar-refractivity contribution in [2.75, 3.05) is 13.2 Å². The summed E-state index contributed by atoms with van der Waals surface area (Å²) in [5, 5.41) is 3.58. The largest absolute Gasteiger partial charge is 0.465 e. The highest BCUT2D eigenvalue weighted by molar-refractivity contribution is 8.01. The number of nitrogens with zero attached hydrogens (tertiary/aromatic N) is 2. The van der Waals surface area contributed by atoms with Crippen LogP contribution in [0.1, 0.15) is 46.4 Å². The predicted octanol–water partition coefficient (Wildman–Crippen LogP) is 3.04. The van der Waals surface area contributed by atoms with Crippen molar-refractivity contribution in [1.29, 1.82) is 0 Å². The van der Waals surface area contributed by atoms with Gasteiger partial charge in [0.2, 0.25) is 0 Å². The molecule has 1 N–H and O–H groups in total. The molecule has 2 unspecified atom stereocenters. The SMILES string of the molecule is CCCNC(C)(CC(C)Sc1nc(C)ns1)C(=O)OCC. The second-order valence-electron chi connectivity index (χ2n) is 5.22. The normalized spacial score (nSPS) is 15.5. The minimum Gasteiger partial charge on any atom is -0.465 e. The molecule has 0 saturated carbocycles. The van der Waals surface area contributed by atoms with E-state index in [1.165, 1.54) is 11.5 Å². The molecule has 0 aliphatic heterocycles. The highest BCUT2D eigenvalue weighted by atomic mass is 32.2. The van der Waals surface area contributed by atoms with E-state index in [9.17, 15) is 4.79 Å². The number of hydrogen-bond donors (Lipinski definition) is 1. The monoisotopic (exact) mass is 331 g/mol. The number of carbonyl (C=O) groups excluding carboxylic acids is 1. The number of nitrogens with one attached hydrogen (secondary N) is 1. The Morgan fingerprint density at radius 2 is 2.24 bits per heavy atom. The topological polar surface area (TPSA) is 64.1 Å². The van der Waals surface area contributed by atoms with Crippen LogP contribution in [-0.4, -0.2) is 39.3 Å². The highest BCUT2D eigenvalue weighted by Crippen LogP contribution is 2.30. The van der Waals surface area contributed by atoms with Crippen molar-refractivity contribution < 1.29 is 9.53 Å². The van der Waals surface area contributed by atoms with E-state index in [4.69, 9.17) is 4.74 Å². The maximum Gasteiger partial charge on any atom is 0.326 e. The Hall–Kier alpha value is -0.660. The van der Waals surface area contributed by atoms with E-state index in [-0.39, 0.29) is 11.2 Å². The van der Waals surface area contributed by atoms with Gasteiger partial charge in [-0.1, -0.05) is 25.6 Å². The van der Waals surface area contributed by atoms with Crippen molar-refractivity contribution >= 4 is 29.3 Å². The summed E-state index contributed by atoms with van der Waals surface area (Å²) in [5.41, 5.74) is -0.655. The number of aromatic nitrogens is 2. The molecule has 5 nitrogen and oxygen atoms in total. The van der Waals surface area contributed by atoms with Crippen LogP contribution >= 0.6 is 23.3 Å². The standard InChI is InChI=1S/C14H25N3O2S2/c1-6-8-15-14(5,12(18)19-7-2)9-10(3)20-13-16-11(4)17-21-13/h10,15H,6-9H2,1-5H3. The Balaban J connectivity index is 2.67. The lowest BCUT2D eigenvalue weighted by Crippen LogP contribution is -2.52. The Labute approximate surface area is 135 Å². The van der Waals surface area contributed by atoms with Crippen LogP contribution in [-0.2, 0) is 9.53 Å². The molecule has 1 aromatic heterocycles. The molecule has 1 rings (SSSR count). The number of hydrogen-bond acceptors (Lipinski definition) is 7. The van der Waals surface area contributed by atoms with Gasteiger partial charge in [-0.2, -0.15) is 4.37 Å². The Bertz CT molecular complexity index is 453. The smallest absolute Gasteiger partial charge is 0.326 e. The van der Waals surface area contributed by atoms with E-state index in [2.05, 4.69) is 28.5 Å². The van der Waals surface area contributed by atoms with Crippen molar-refractivity contribution in [1.82, 2.24) is 14.7 Å². The molecule has 0 amide bonds. The number of thioether (sulfide) groups is 1. The van der Waals surface area contributed by atoms with E-state index in [1.54, 1.807) is 11.8 Å². The Morgan fingerprint density at radius 3 is 2.76 bits per heavy atom. The maximum atomic E-state index is 12.2. The second-order valence-corrected chi connectivity index (χ2v) is 7.66. The average Bonchev–Trinajstić information content (AvgIpc) is 2.81. The van der Waals surface area contributed by atoms with Crippen LogP contribution in [0.2, 0.25) is 0 Å². The van der Waals surface area contributed by atoms with E-state index in [1.807, 2.05) is 20.8 Å². The van der Waals surface area contributed by atoms with Gasteiger partial charge in [0, 0.05) is 5.25 Å². The van der Waals surface area contributed by atoms with E-state index in [0.29, 0.717) is 13.0 Å². The summed E-state index contributed by atoms with van der Waals surface area (Å²) in [5.74, 6) is 0.617. The minimum atomic E-state index is -0.655. The predicted molar refractivity (Wildman–Crippen MR) is 87.9 cm³/mol. The van der Waals surface area contributed by atoms with Crippen molar-refractivity contribution in [3.63, 3.8) is 0 Å². The van der Waals surface area contributed by atoms with Gasteiger partial charge < -0.3 is 10.1 Å². The van der Waals surface area contributed by atoms with Crippen molar-refractivity contribution in [3.05, 3.63) is 5.82 Å². The zero-order chi connectivity index (χ0) is 15.9. The number of ether oxygens (including phenoxy) is 1. The molecule has 0 aliphatic rings. The van der Waals surface area contributed by atoms with Gasteiger partial charge in [-0.25, -0.2) is 4.98 Å². The lowest BCUT2D eigenvalue weighted by Gasteiger charge is -2.30. The van der Waals surface area contributed by atoms with E-state index < -0.39 is 5.54 Å². The van der Waals surface area contributed by atoms with Crippen LogP contribution in [0.3, 0.4) is 0 Å².